The van der Waals surface area contributed by atoms with Crippen LogP contribution in [0.25, 0.3) is 0 Å². The monoisotopic (exact) mass is 358 g/mol. The first-order valence-corrected chi connectivity index (χ1v) is 7.51. The maximum absolute atomic E-state index is 11.2. The Morgan fingerprint density at radius 1 is 1.29 bits per heavy atom. The van der Waals surface area contributed by atoms with E-state index >= 15 is 0 Å². The number of esters is 1. The molecule has 0 saturated heterocycles. The molecule has 0 unspecified atom stereocenters. The van der Waals surface area contributed by atoms with Gasteiger partial charge in [-0.3, -0.25) is 0 Å². The van der Waals surface area contributed by atoms with Crippen molar-refractivity contribution in [2.24, 2.45) is 0 Å². The molecule has 120 valence electrons. The molecular formula is C16H27BrN2O2. The molecular weight excluding hydrogens is 332 g/mol. The van der Waals surface area contributed by atoms with E-state index in [0.29, 0.717) is 12.2 Å². The lowest BCUT2D eigenvalue weighted by Gasteiger charge is -2.02. The van der Waals surface area contributed by atoms with Crippen LogP contribution in [0, 0.1) is 0 Å². The Bertz CT molecular complexity index is 430. The minimum Gasteiger partial charge on any atom is -1.00 e. The normalized spacial score (nSPS) is 10.0. The molecule has 0 amide bonds. The van der Waals surface area contributed by atoms with Crippen molar-refractivity contribution in [1.29, 1.82) is 0 Å². The maximum atomic E-state index is 11.2. The Balaban J connectivity index is 0.00000400. The van der Waals surface area contributed by atoms with Gasteiger partial charge in [0.15, 0.2) is 0 Å². The van der Waals surface area contributed by atoms with Crippen LogP contribution in [0.3, 0.4) is 0 Å². The van der Waals surface area contributed by atoms with E-state index in [1.54, 1.807) is 6.92 Å². The van der Waals surface area contributed by atoms with E-state index in [2.05, 4.69) is 41.4 Å². The molecule has 0 radical (unpaired) electrons. The molecule has 5 heteroatoms. The van der Waals surface area contributed by atoms with Gasteiger partial charge >= 0.3 is 5.97 Å². The number of halogens is 1. The fourth-order valence-electron chi connectivity index (χ4n) is 1.96. The Morgan fingerprint density at radius 2 is 2.05 bits per heavy atom. The number of aromatic nitrogens is 2. The molecule has 0 N–H and O–H groups in total. The van der Waals surface area contributed by atoms with Gasteiger partial charge in [0, 0.05) is 12.0 Å². The first-order valence-electron chi connectivity index (χ1n) is 7.51. The maximum Gasteiger partial charge on any atom is 0.333 e. The molecule has 1 heterocycles. The Labute approximate surface area is 138 Å². The minimum atomic E-state index is -0.302. The number of carbonyl (C=O) groups is 1. The van der Waals surface area contributed by atoms with Crippen LogP contribution >= 0.6 is 0 Å². The number of nitrogens with zero attached hydrogens (tertiary/aromatic N) is 2. The molecule has 0 aliphatic carbocycles. The van der Waals surface area contributed by atoms with E-state index in [1.807, 2.05) is 0 Å². The van der Waals surface area contributed by atoms with Gasteiger partial charge in [0.05, 0.1) is 19.7 Å². The largest absolute Gasteiger partial charge is 1.00 e. The highest BCUT2D eigenvalue weighted by atomic mass is 79.9. The number of ether oxygens (including phenoxy) is 1. The number of imidazole rings is 1. The molecule has 0 fully saturated rings. The molecule has 1 aromatic rings. The van der Waals surface area contributed by atoms with Gasteiger partial charge in [-0.2, -0.15) is 0 Å². The lowest BCUT2D eigenvalue weighted by molar-refractivity contribution is -0.697. The average Bonchev–Trinajstić information content (AvgIpc) is 2.87. The molecule has 0 spiro atoms. The van der Waals surface area contributed by atoms with Crippen molar-refractivity contribution in [3.63, 3.8) is 0 Å². The van der Waals surface area contributed by atoms with Crippen molar-refractivity contribution in [2.45, 2.75) is 59.0 Å². The molecule has 21 heavy (non-hydrogen) atoms. The number of carbonyl (C=O) groups excluding carboxylic acids is 1. The van der Waals surface area contributed by atoms with Crippen molar-refractivity contribution in [3.8, 4) is 0 Å². The summed E-state index contributed by atoms with van der Waals surface area (Å²) < 4.78 is 9.42. The van der Waals surface area contributed by atoms with Gasteiger partial charge in [0.2, 0.25) is 6.33 Å². The second-order valence-electron chi connectivity index (χ2n) is 5.22. The lowest BCUT2D eigenvalue weighted by Crippen LogP contribution is -3.00. The molecule has 0 aliphatic heterocycles. The number of hydrogen-bond acceptors (Lipinski definition) is 2. The molecule has 1 aromatic heterocycles. The van der Waals surface area contributed by atoms with Crippen molar-refractivity contribution in [1.82, 2.24) is 4.57 Å². The van der Waals surface area contributed by atoms with Crippen LogP contribution in [-0.4, -0.2) is 17.1 Å². The van der Waals surface area contributed by atoms with Crippen molar-refractivity contribution >= 4 is 5.97 Å². The van der Waals surface area contributed by atoms with Crippen LogP contribution in [0.4, 0.5) is 0 Å². The summed E-state index contributed by atoms with van der Waals surface area (Å²) in [5, 5.41) is 0. The second-order valence-corrected chi connectivity index (χ2v) is 5.22. The summed E-state index contributed by atoms with van der Waals surface area (Å²) in [5.41, 5.74) is 0.455. The standard InChI is InChI=1S/C16H27N2O2.BrH/c1-4-5-6-7-9-17-11-12-18(14-17)10-8-13-20-16(19)15(2)3;/h11-12,14H,2,4-10,13H2,1,3H3;1H/q+1;/p-1. The molecule has 0 aliphatic rings. The van der Waals surface area contributed by atoms with Crippen LogP contribution in [0.15, 0.2) is 30.9 Å². The third-order valence-corrected chi connectivity index (χ3v) is 3.16. The Morgan fingerprint density at radius 3 is 2.71 bits per heavy atom. The molecule has 0 atom stereocenters. The highest BCUT2D eigenvalue weighted by Crippen LogP contribution is 2.01. The van der Waals surface area contributed by atoms with Crippen molar-refractivity contribution in [2.75, 3.05) is 6.61 Å². The number of rotatable bonds is 10. The van der Waals surface area contributed by atoms with Gasteiger partial charge in [0.25, 0.3) is 0 Å². The second kappa shape index (κ2) is 11.5. The Hall–Kier alpha value is -1.10. The number of unbranched alkanes of at least 4 members (excludes halogenated alkanes) is 3. The zero-order valence-corrected chi connectivity index (χ0v) is 14.8. The van der Waals surface area contributed by atoms with E-state index in [4.69, 9.17) is 4.74 Å². The van der Waals surface area contributed by atoms with E-state index in [0.717, 1.165) is 19.5 Å². The first-order chi connectivity index (χ1) is 9.63. The van der Waals surface area contributed by atoms with Crippen molar-refractivity contribution in [3.05, 3.63) is 30.9 Å². The van der Waals surface area contributed by atoms with Crippen LogP contribution in [0.1, 0.15) is 46.0 Å². The van der Waals surface area contributed by atoms with E-state index in [9.17, 15) is 4.79 Å². The zero-order chi connectivity index (χ0) is 14.8. The van der Waals surface area contributed by atoms with Crippen LogP contribution in [0.5, 0.6) is 0 Å². The molecule has 1 rings (SSSR count). The van der Waals surface area contributed by atoms with E-state index in [-0.39, 0.29) is 23.0 Å². The lowest BCUT2D eigenvalue weighted by atomic mass is 10.2. The van der Waals surface area contributed by atoms with E-state index in [1.165, 1.54) is 25.7 Å². The summed E-state index contributed by atoms with van der Waals surface area (Å²) in [6.45, 7) is 9.84. The third-order valence-electron chi connectivity index (χ3n) is 3.16. The van der Waals surface area contributed by atoms with Gasteiger partial charge < -0.3 is 21.7 Å². The topological polar surface area (TPSA) is 35.1 Å². The van der Waals surface area contributed by atoms with Gasteiger partial charge in [-0.25, -0.2) is 13.9 Å². The zero-order valence-electron chi connectivity index (χ0n) is 13.2. The van der Waals surface area contributed by atoms with Gasteiger partial charge in [-0.1, -0.05) is 26.3 Å². The summed E-state index contributed by atoms with van der Waals surface area (Å²) in [7, 11) is 0. The van der Waals surface area contributed by atoms with Gasteiger partial charge in [0.1, 0.15) is 12.4 Å². The minimum absolute atomic E-state index is 0. The fraction of sp³-hybridized carbons (Fsp3) is 0.625. The SMILES string of the molecule is C=C(C)C(=O)OCCC[n+]1ccn(CCCCCC)c1.[Br-]. The molecule has 0 bridgehead atoms. The summed E-state index contributed by atoms with van der Waals surface area (Å²) >= 11 is 0. The smallest absolute Gasteiger partial charge is 0.333 e. The Kier molecular flexibility index (Phi) is 10.9. The van der Waals surface area contributed by atoms with Crippen molar-refractivity contribution < 1.29 is 31.1 Å². The molecule has 0 aromatic carbocycles. The quantitative estimate of drug-likeness (QED) is 0.253. The summed E-state index contributed by atoms with van der Waals surface area (Å²) in [4.78, 5) is 11.2. The van der Waals surface area contributed by atoms with Crippen LogP contribution < -0.4 is 21.5 Å². The van der Waals surface area contributed by atoms with Gasteiger partial charge in [-0.15, -0.1) is 0 Å². The first kappa shape index (κ1) is 19.9. The highest BCUT2D eigenvalue weighted by Gasteiger charge is 2.05. The fourth-order valence-corrected chi connectivity index (χ4v) is 1.96. The molecule has 4 nitrogen and oxygen atoms in total. The number of hydrogen-bond donors (Lipinski definition) is 0. The molecule has 0 saturated carbocycles. The third kappa shape index (κ3) is 8.71. The summed E-state index contributed by atoms with van der Waals surface area (Å²) in [6, 6.07) is 0. The predicted octanol–water partition coefficient (Wildman–Crippen LogP) is -0.131. The highest BCUT2D eigenvalue weighted by molar-refractivity contribution is 5.86. The van der Waals surface area contributed by atoms with E-state index < -0.39 is 0 Å². The number of aryl methyl sites for hydroxylation is 2. The summed E-state index contributed by atoms with van der Waals surface area (Å²) in [6.07, 6.45) is 12.2. The summed E-state index contributed by atoms with van der Waals surface area (Å²) in [5.74, 6) is -0.302. The van der Waals surface area contributed by atoms with Gasteiger partial charge in [-0.05, 0) is 19.8 Å². The van der Waals surface area contributed by atoms with Crippen LogP contribution in [-0.2, 0) is 22.6 Å². The average molecular weight is 359 g/mol. The van der Waals surface area contributed by atoms with Crippen LogP contribution in [0.2, 0.25) is 0 Å². The predicted molar refractivity (Wildman–Crippen MR) is 79.2 cm³/mol.